The normalized spacial score (nSPS) is 16.8. The molecular formula is C11H13N3O3. The van der Waals surface area contributed by atoms with Crippen LogP contribution >= 0.6 is 0 Å². The molecule has 0 atom stereocenters. The van der Waals surface area contributed by atoms with Gasteiger partial charge in [0.1, 0.15) is 18.2 Å². The number of aromatic nitrogens is 1. The molecule has 17 heavy (non-hydrogen) atoms. The third kappa shape index (κ3) is 2.41. The van der Waals surface area contributed by atoms with E-state index in [0.717, 1.165) is 19.1 Å². The number of carbonyl (C=O) groups excluding carboxylic acids is 1. The van der Waals surface area contributed by atoms with Crippen molar-refractivity contribution in [3.8, 4) is 0 Å². The molecular weight excluding hydrogens is 222 g/mol. The summed E-state index contributed by atoms with van der Waals surface area (Å²) in [6.45, 7) is 1.35. The highest BCUT2D eigenvalue weighted by molar-refractivity contribution is 5.62. The maximum absolute atomic E-state index is 10.9. The summed E-state index contributed by atoms with van der Waals surface area (Å²) < 4.78 is 0. The molecule has 0 unspecified atom stereocenters. The van der Waals surface area contributed by atoms with E-state index in [1.807, 2.05) is 4.90 Å². The Labute approximate surface area is 98.4 Å². The van der Waals surface area contributed by atoms with Gasteiger partial charge in [0.05, 0.1) is 4.92 Å². The highest BCUT2D eigenvalue weighted by Crippen LogP contribution is 2.29. The largest absolute Gasteiger partial charge is 0.366 e. The number of hydrogen-bond donors (Lipinski definition) is 0. The Bertz CT molecular complexity index is 428. The lowest BCUT2D eigenvalue weighted by Gasteiger charge is -2.30. The lowest BCUT2D eigenvalue weighted by molar-refractivity contribution is -0.384. The van der Waals surface area contributed by atoms with Crippen LogP contribution in [0.15, 0.2) is 18.5 Å². The summed E-state index contributed by atoms with van der Waals surface area (Å²) in [7, 11) is 0. The van der Waals surface area contributed by atoms with Gasteiger partial charge in [-0.05, 0) is 18.9 Å². The quantitative estimate of drug-likeness (QED) is 0.449. The molecule has 1 aromatic heterocycles. The summed E-state index contributed by atoms with van der Waals surface area (Å²) in [5.74, 6) is 0.0899. The Hall–Kier alpha value is -1.98. The van der Waals surface area contributed by atoms with Crippen LogP contribution < -0.4 is 4.90 Å². The average molecular weight is 235 g/mol. The van der Waals surface area contributed by atoms with E-state index >= 15 is 0 Å². The summed E-state index contributed by atoms with van der Waals surface area (Å²) in [6.07, 6.45) is 5.29. The van der Waals surface area contributed by atoms with Crippen LogP contribution in [-0.2, 0) is 4.79 Å². The Morgan fingerprint density at radius 2 is 2.18 bits per heavy atom. The SMILES string of the molecule is O=CC1CCN(c2ccncc2[N+](=O)[O-])CC1. The Balaban J connectivity index is 2.18. The van der Waals surface area contributed by atoms with Crippen molar-refractivity contribution < 1.29 is 9.72 Å². The molecule has 0 amide bonds. The minimum absolute atomic E-state index is 0.0250. The molecule has 0 saturated carbocycles. The molecule has 0 aliphatic carbocycles. The van der Waals surface area contributed by atoms with E-state index in [4.69, 9.17) is 0 Å². The summed E-state index contributed by atoms with van der Waals surface area (Å²) in [5, 5.41) is 10.9. The van der Waals surface area contributed by atoms with Gasteiger partial charge in [-0.15, -0.1) is 0 Å². The molecule has 0 radical (unpaired) electrons. The molecule has 1 aliphatic heterocycles. The second-order valence-electron chi connectivity index (χ2n) is 4.08. The number of anilines is 1. The van der Waals surface area contributed by atoms with E-state index in [2.05, 4.69) is 4.98 Å². The molecule has 1 aromatic rings. The molecule has 0 bridgehead atoms. The number of carbonyl (C=O) groups is 1. The van der Waals surface area contributed by atoms with Crippen molar-refractivity contribution in [1.29, 1.82) is 0 Å². The van der Waals surface area contributed by atoms with E-state index < -0.39 is 4.92 Å². The van der Waals surface area contributed by atoms with Crippen molar-refractivity contribution in [2.75, 3.05) is 18.0 Å². The Morgan fingerprint density at radius 1 is 1.47 bits per heavy atom. The van der Waals surface area contributed by atoms with Gasteiger partial charge in [-0.1, -0.05) is 0 Å². The van der Waals surface area contributed by atoms with Gasteiger partial charge in [-0.3, -0.25) is 15.1 Å². The van der Waals surface area contributed by atoms with E-state index in [1.54, 1.807) is 12.3 Å². The highest BCUT2D eigenvalue weighted by Gasteiger charge is 2.24. The first-order chi connectivity index (χ1) is 8.22. The average Bonchev–Trinajstić information content (AvgIpc) is 2.39. The second kappa shape index (κ2) is 4.90. The fourth-order valence-corrected chi connectivity index (χ4v) is 2.06. The van der Waals surface area contributed by atoms with Crippen molar-refractivity contribution in [3.63, 3.8) is 0 Å². The van der Waals surface area contributed by atoms with E-state index in [0.29, 0.717) is 18.8 Å². The topological polar surface area (TPSA) is 76.3 Å². The first-order valence-corrected chi connectivity index (χ1v) is 5.51. The van der Waals surface area contributed by atoms with Gasteiger partial charge in [0.25, 0.3) is 0 Å². The highest BCUT2D eigenvalue weighted by atomic mass is 16.6. The van der Waals surface area contributed by atoms with E-state index in [1.165, 1.54) is 6.20 Å². The van der Waals surface area contributed by atoms with Gasteiger partial charge in [0, 0.05) is 25.2 Å². The first kappa shape index (κ1) is 11.5. The number of piperidine rings is 1. The van der Waals surface area contributed by atoms with Crippen LogP contribution in [0.5, 0.6) is 0 Å². The van der Waals surface area contributed by atoms with Gasteiger partial charge in [-0.25, -0.2) is 0 Å². The van der Waals surface area contributed by atoms with Crippen LogP contribution in [0.2, 0.25) is 0 Å². The predicted octanol–water partition coefficient (Wildman–Crippen LogP) is 1.41. The fourth-order valence-electron chi connectivity index (χ4n) is 2.06. The van der Waals surface area contributed by atoms with Crippen molar-refractivity contribution >= 4 is 17.7 Å². The number of nitro groups is 1. The predicted molar refractivity (Wildman–Crippen MR) is 61.9 cm³/mol. The van der Waals surface area contributed by atoms with Gasteiger partial charge >= 0.3 is 5.69 Å². The molecule has 1 fully saturated rings. The number of hydrogen-bond acceptors (Lipinski definition) is 5. The number of pyridine rings is 1. The lowest BCUT2D eigenvalue weighted by atomic mass is 9.98. The van der Waals surface area contributed by atoms with Crippen LogP contribution in [0.4, 0.5) is 11.4 Å². The second-order valence-corrected chi connectivity index (χ2v) is 4.08. The molecule has 0 aromatic carbocycles. The van der Waals surface area contributed by atoms with Crippen LogP contribution in [0.25, 0.3) is 0 Å². The summed E-state index contributed by atoms with van der Waals surface area (Å²) in [6, 6.07) is 1.65. The summed E-state index contributed by atoms with van der Waals surface area (Å²) in [5.41, 5.74) is 0.617. The first-order valence-electron chi connectivity index (χ1n) is 5.51. The zero-order chi connectivity index (χ0) is 12.3. The van der Waals surface area contributed by atoms with Gasteiger partial charge in [-0.2, -0.15) is 0 Å². The molecule has 2 rings (SSSR count). The Morgan fingerprint density at radius 3 is 2.76 bits per heavy atom. The monoisotopic (exact) mass is 235 g/mol. The Kier molecular flexibility index (Phi) is 3.32. The molecule has 6 heteroatoms. The summed E-state index contributed by atoms with van der Waals surface area (Å²) in [4.78, 5) is 26.8. The smallest absolute Gasteiger partial charge is 0.310 e. The van der Waals surface area contributed by atoms with E-state index in [9.17, 15) is 14.9 Å². The molecule has 1 saturated heterocycles. The number of rotatable bonds is 3. The van der Waals surface area contributed by atoms with Gasteiger partial charge in [0.2, 0.25) is 0 Å². The van der Waals surface area contributed by atoms with Crippen LogP contribution in [-0.4, -0.2) is 29.3 Å². The third-order valence-corrected chi connectivity index (χ3v) is 3.05. The summed E-state index contributed by atoms with van der Waals surface area (Å²) >= 11 is 0. The van der Waals surface area contributed by atoms with Gasteiger partial charge < -0.3 is 9.69 Å². The van der Waals surface area contributed by atoms with Crippen LogP contribution in [0.3, 0.4) is 0 Å². The van der Waals surface area contributed by atoms with E-state index in [-0.39, 0.29) is 11.6 Å². The lowest BCUT2D eigenvalue weighted by Crippen LogP contribution is -2.34. The molecule has 6 nitrogen and oxygen atoms in total. The minimum Gasteiger partial charge on any atom is -0.366 e. The number of nitrogens with zero attached hydrogens (tertiary/aromatic N) is 3. The zero-order valence-corrected chi connectivity index (χ0v) is 9.28. The standard InChI is InChI=1S/C11H13N3O3/c15-8-9-2-5-13(6-3-9)10-1-4-12-7-11(10)14(16)17/h1,4,7-9H,2-3,5-6H2. The van der Waals surface area contributed by atoms with Crippen molar-refractivity contribution in [2.45, 2.75) is 12.8 Å². The maximum atomic E-state index is 10.9. The van der Waals surface area contributed by atoms with Gasteiger partial charge in [0.15, 0.2) is 0 Å². The zero-order valence-electron chi connectivity index (χ0n) is 9.28. The minimum atomic E-state index is -0.422. The molecule has 90 valence electrons. The number of aldehydes is 1. The molecule has 0 spiro atoms. The van der Waals surface area contributed by atoms with Crippen LogP contribution in [0, 0.1) is 16.0 Å². The molecule has 1 aliphatic rings. The molecule has 2 heterocycles. The van der Waals surface area contributed by atoms with Crippen molar-refractivity contribution in [1.82, 2.24) is 4.98 Å². The van der Waals surface area contributed by atoms with Crippen LogP contribution in [0.1, 0.15) is 12.8 Å². The fraction of sp³-hybridized carbons (Fsp3) is 0.455. The third-order valence-electron chi connectivity index (χ3n) is 3.05. The van der Waals surface area contributed by atoms with Crippen molar-refractivity contribution in [2.24, 2.45) is 5.92 Å². The molecule has 0 N–H and O–H groups in total. The van der Waals surface area contributed by atoms with Crippen molar-refractivity contribution in [3.05, 3.63) is 28.6 Å². The maximum Gasteiger partial charge on any atom is 0.310 e.